The topological polar surface area (TPSA) is 75.6 Å². The number of benzene rings is 2. The zero-order valence-electron chi connectivity index (χ0n) is 18.3. The molecule has 5 nitrogen and oxygen atoms in total. The molecule has 2 aromatic carbocycles. The lowest BCUT2D eigenvalue weighted by atomic mass is 10.1. The molecule has 23 heavy (non-hydrogen) atoms. The van der Waals surface area contributed by atoms with E-state index in [0.717, 1.165) is 0 Å². The Morgan fingerprint density at radius 2 is 1.78 bits per heavy atom. The lowest BCUT2D eigenvalue weighted by Crippen LogP contribution is -2.15. The van der Waals surface area contributed by atoms with E-state index in [4.69, 9.17) is 37.9 Å². The third kappa shape index (κ3) is 4.87. The van der Waals surface area contributed by atoms with Crippen LogP contribution in [0.3, 0.4) is 0 Å². The summed E-state index contributed by atoms with van der Waals surface area (Å²) in [7, 11) is 0. The molecule has 0 fully saturated rings. The molecule has 120 valence electrons. The van der Waals surface area contributed by atoms with Crippen LogP contribution in [-0.2, 0) is 20.7 Å². The average Bonchev–Trinajstić information content (AvgIpc) is 2.70. The van der Waals surface area contributed by atoms with Crippen molar-refractivity contribution in [1.82, 2.24) is 0 Å². The van der Waals surface area contributed by atoms with Crippen molar-refractivity contribution in [3.05, 3.63) is 57.9 Å². The number of para-hydroxylation sites is 2. The van der Waals surface area contributed by atoms with Gasteiger partial charge in [0.05, 0.1) is 31.7 Å². The van der Waals surface area contributed by atoms with Crippen LogP contribution in [0.25, 0.3) is 0 Å². The summed E-state index contributed by atoms with van der Waals surface area (Å²) in [5.41, 5.74) is -0.848. The fourth-order valence-electron chi connectivity index (χ4n) is 1.51. The fraction of sp³-hybridized carbons (Fsp3) is 0.125. The van der Waals surface area contributed by atoms with Gasteiger partial charge in [0.15, 0.2) is 6.61 Å². The second kappa shape index (κ2) is 7.85. The van der Waals surface area contributed by atoms with Crippen molar-refractivity contribution >= 4 is 46.5 Å². The molecule has 0 unspecified atom stereocenters. The molecule has 0 saturated heterocycles. The van der Waals surface area contributed by atoms with E-state index in [2.05, 4.69) is 10.1 Å². The number of ether oxygens (including phenoxy) is 1. The number of carbonyl (C=O) groups is 2. The molecule has 0 aliphatic carbocycles. The molecule has 2 rings (SSSR count). The average molecular weight is 361 g/mol. The predicted molar refractivity (Wildman–Crippen MR) is 88.5 cm³/mol. The van der Waals surface area contributed by atoms with E-state index in [-0.39, 0.29) is 27.0 Å². The minimum atomic E-state index is -1.41. The summed E-state index contributed by atoms with van der Waals surface area (Å²) < 4.78 is 59.6. The first-order chi connectivity index (χ1) is 13.9. The first kappa shape index (κ1) is 9.80. The SMILES string of the molecule is [2H]c1c([2H])c(Cl)c(Nc2c([2H])c([2H])c([2H])c([2H])c2CC(=O)OCC(=O)O)c(Cl)c1[2H]. The van der Waals surface area contributed by atoms with Gasteiger partial charge >= 0.3 is 11.9 Å². The monoisotopic (exact) mass is 360 g/mol. The number of carbonyl (C=O) groups excluding carboxylic acids is 1. The van der Waals surface area contributed by atoms with Gasteiger partial charge in [-0.05, 0) is 23.7 Å². The minimum absolute atomic E-state index is 0.255. The summed E-state index contributed by atoms with van der Waals surface area (Å²) in [6.07, 6.45) is -0.709. The molecule has 0 amide bonds. The third-order valence-electron chi connectivity index (χ3n) is 2.48. The van der Waals surface area contributed by atoms with E-state index in [1.165, 1.54) is 0 Å². The number of anilines is 2. The van der Waals surface area contributed by atoms with Crippen LogP contribution < -0.4 is 5.32 Å². The maximum atomic E-state index is 12.0. The van der Waals surface area contributed by atoms with Crippen LogP contribution in [-0.4, -0.2) is 23.7 Å². The minimum Gasteiger partial charge on any atom is -0.479 e. The molecule has 0 atom stereocenters. The Balaban J connectivity index is 2.63. The lowest BCUT2D eigenvalue weighted by Gasteiger charge is -2.14. The highest BCUT2D eigenvalue weighted by Gasteiger charge is 2.12. The summed E-state index contributed by atoms with van der Waals surface area (Å²) in [6, 6.07) is -4.08. The van der Waals surface area contributed by atoms with Crippen LogP contribution in [0, 0.1) is 0 Å². The molecule has 0 aromatic heterocycles. The van der Waals surface area contributed by atoms with E-state index < -0.39 is 67.3 Å². The predicted octanol–water partition coefficient (Wildman–Crippen LogP) is 3.91. The zero-order valence-corrected chi connectivity index (χ0v) is 12.9. The van der Waals surface area contributed by atoms with Crippen molar-refractivity contribution in [3.8, 4) is 0 Å². The highest BCUT2D eigenvalue weighted by molar-refractivity contribution is 6.39. The summed E-state index contributed by atoms with van der Waals surface area (Å²) >= 11 is 12.1. The number of nitrogens with one attached hydrogen (secondary N) is 1. The van der Waals surface area contributed by atoms with Crippen LogP contribution in [0.1, 0.15) is 15.2 Å². The summed E-state index contributed by atoms with van der Waals surface area (Å²) in [5.74, 6) is -2.47. The van der Waals surface area contributed by atoms with E-state index in [1.54, 1.807) is 0 Å². The van der Waals surface area contributed by atoms with Crippen molar-refractivity contribution in [2.45, 2.75) is 6.42 Å². The number of halogens is 2. The summed E-state index contributed by atoms with van der Waals surface area (Å²) in [4.78, 5) is 22.5. The standard InChI is InChI=1S/C16H13Cl2NO4/c17-11-5-3-6-12(18)16(11)19-13-7-2-1-4-10(13)8-15(22)23-9-14(20)21/h1-7,19H,8-9H2,(H,20,21)/i1D,2D,3D,4D,5D,6D,7D. The second-order valence-electron chi connectivity index (χ2n) is 4.09. The van der Waals surface area contributed by atoms with E-state index in [9.17, 15) is 9.59 Å². The molecule has 2 N–H and O–H groups in total. The molecule has 0 saturated carbocycles. The van der Waals surface area contributed by atoms with Gasteiger partial charge < -0.3 is 15.2 Å². The number of aliphatic carboxylic acids is 1. The molecule has 0 heterocycles. The van der Waals surface area contributed by atoms with Gasteiger partial charge in [0.2, 0.25) is 0 Å². The maximum Gasteiger partial charge on any atom is 0.341 e. The van der Waals surface area contributed by atoms with Crippen molar-refractivity contribution < 1.29 is 29.0 Å². The number of carboxylic acids is 1. The highest BCUT2D eigenvalue weighted by Crippen LogP contribution is 2.33. The molecule has 0 spiro atoms. The van der Waals surface area contributed by atoms with Gasteiger partial charge in [-0.1, -0.05) is 47.4 Å². The summed E-state index contributed by atoms with van der Waals surface area (Å²) in [6.45, 7) is -0.931. The van der Waals surface area contributed by atoms with Gasteiger partial charge in [-0.3, -0.25) is 4.79 Å². The van der Waals surface area contributed by atoms with Gasteiger partial charge in [0, 0.05) is 5.69 Å². The Kier molecular flexibility index (Phi) is 3.35. The van der Waals surface area contributed by atoms with Crippen molar-refractivity contribution in [3.63, 3.8) is 0 Å². The van der Waals surface area contributed by atoms with Gasteiger partial charge in [-0.15, -0.1) is 0 Å². The summed E-state index contributed by atoms with van der Waals surface area (Å²) in [5, 5.41) is 10.4. The Hall–Kier alpha value is -2.24. The smallest absolute Gasteiger partial charge is 0.341 e. The molecule has 0 radical (unpaired) electrons. The normalized spacial score (nSPS) is 14.4. The van der Waals surface area contributed by atoms with Gasteiger partial charge in [0.1, 0.15) is 0 Å². The first-order valence-electron chi connectivity index (χ1n) is 9.56. The van der Waals surface area contributed by atoms with Crippen molar-refractivity contribution in [2.75, 3.05) is 11.9 Å². The number of hydrogen-bond donors (Lipinski definition) is 2. The molecular weight excluding hydrogens is 341 g/mol. The van der Waals surface area contributed by atoms with E-state index >= 15 is 0 Å². The maximum absolute atomic E-state index is 12.0. The van der Waals surface area contributed by atoms with Gasteiger partial charge in [-0.25, -0.2) is 4.79 Å². The Bertz CT molecular complexity index is 1040. The van der Waals surface area contributed by atoms with Gasteiger partial charge in [-0.2, -0.15) is 0 Å². The van der Waals surface area contributed by atoms with Crippen LogP contribution in [0.15, 0.2) is 42.3 Å². The van der Waals surface area contributed by atoms with E-state index in [0.29, 0.717) is 0 Å². The van der Waals surface area contributed by atoms with Crippen LogP contribution >= 0.6 is 23.2 Å². The van der Waals surface area contributed by atoms with Crippen LogP contribution in [0.2, 0.25) is 10.0 Å². The zero-order chi connectivity index (χ0) is 22.9. The Morgan fingerprint density at radius 3 is 2.43 bits per heavy atom. The molecule has 0 bridgehead atoms. The number of rotatable bonds is 6. The quantitative estimate of drug-likeness (QED) is 0.763. The van der Waals surface area contributed by atoms with Crippen LogP contribution in [0.5, 0.6) is 0 Å². The second-order valence-corrected chi connectivity index (χ2v) is 4.84. The number of hydrogen-bond acceptors (Lipinski definition) is 4. The first-order valence-corrected chi connectivity index (χ1v) is 6.82. The highest BCUT2D eigenvalue weighted by atomic mass is 35.5. The number of esters is 1. The number of carboxylic acid groups (broad SMARTS) is 1. The molecule has 0 aliphatic heterocycles. The molecule has 0 aliphatic rings. The van der Waals surface area contributed by atoms with Gasteiger partial charge in [0.25, 0.3) is 0 Å². The third-order valence-corrected chi connectivity index (χ3v) is 3.04. The van der Waals surface area contributed by atoms with Crippen molar-refractivity contribution in [2.24, 2.45) is 0 Å². The largest absolute Gasteiger partial charge is 0.479 e. The Morgan fingerprint density at radius 1 is 1.13 bits per heavy atom. The van der Waals surface area contributed by atoms with Crippen LogP contribution in [0.4, 0.5) is 11.4 Å². The molecular formula is C16H13Cl2NO4. The Labute approximate surface area is 152 Å². The van der Waals surface area contributed by atoms with Crippen molar-refractivity contribution in [1.29, 1.82) is 0 Å². The van der Waals surface area contributed by atoms with E-state index in [1.807, 2.05) is 0 Å². The molecule has 7 heteroatoms. The fourth-order valence-corrected chi connectivity index (χ4v) is 1.94. The molecule has 2 aromatic rings. The lowest BCUT2D eigenvalue weighted by molar-refractivity contribution is -0.154.